The van der Waals surface area contributed by atoms with Gasteiger partial charge in [-0.2, -0.15) is 0 Å². The summed E-state index contributed by atoms with van der Waals surface area (Å²) in [4.78, 5) is 68.9. The van der Waals surface area contributed by atoms with Gasteiger partial charge < -0.3 is 30.4 Å². The molecule has 0 unspecified atom stereocenters. The molecule has 4 N–H and O–H groups in total. The molecule has 0 aliphatic heterocycles. The molecule has 4 aromatic rings. The lowest BCUT2D eigenvalue weighted by molar-refractivity contribution is 0.0703. The van der Waals surface area contributed by atoms with Crippen LogP contribution in [-0.4, -0.2) is 89.6 Å². The zero-order chi connectivity index (χ0) is 50.4. The van der Waals surface area contributed by atoms with Crippen molar-refractivity contribution in [2.24, 2.45) is 5.92 Å². The number of H-pyrrole nitrogens is 2. The van der Waals surface area contributed by atoms with E-state index < -0.39 is 0 Å². The van der Waals surface area contributed by atoms with E-state index >= 15 is 0 Å². The molecule has 7 rings (SSSR count). The van der Waals surface area contributed by atoms with Crippen LogP contribution in [0.15, 0.2) is 46.0 Å². The third-order valence-corrected chi connectivity index (χ3v) is 15.7. The summed E-state index contributed by atoms with van der Waals surface area (Å²) in [7, 11) is 4.56. The van der Waals surface area contributed by atoms with Gasteiger partial charge in [0.05, 0.1) is 6.67 Å². The minimum absolute atomic E-state index is 0.144. The van der Waals surface area contributed by atoms with Gasteiger partial charge in [0.25, 0.3) is 22.9 Å². The molecule has 3 fully saturated rings. The summed E-state index contributed by atoms with van der Waals surface area (Å²) < 4.78 is 0. The Morgan fingerprint density at radius 1 is 0.614 bits per heavy atom. The van der Waals surface area contributed by atoms with Crippen LogP contribution in [0.3, 0.4) is 0 Å². The van der Waals surface area contributed by atoms with Crippen molar-refractivity contribution in [3.05, 3.63) is 124 Å². The molecule has 0 spiro atoms. The van der Waals surface area contributed by atoms with Crippen molar-refractivity contribution in [2.75, 3.05) is 43.7 Å². The highest BCUT2D eigenvalue weighted by atomic mass is 35.5. The topological polar surface area (TPSA) is 137 Å². The van der Waals surface area contributed by atoms with Crippen LogP contribution in [0.4, 0.5) is 11.4 Å². The van der Waals surface area contributed by atoms with Crippen LogP contribution in [-0.2, 0) is 19.5 Å². The van der Waals surface area contributed by atoms with Gasteiger partial charge in [0.2, 0.25) is 0 Å². The van der Waals surface area contributed by atoms with E-state index in [1.54, 1.807) is 6.07 Å². The van der Waals surface area contributed by atoms with Crippen molar-refractivity contribution in [1.82, 2.24) is 30.4 Å². The van der Waals surface area contributed by atoms with Gasteiger partial charge >= 0.3 is 0 Å². The molecule has 3 aliphatic rings. The quantitative estimate of drug-likeness (QED) is 0.0608. The number of aryl methyl sites for hydroxylation is 4. The highest BCUT2D eigenvalue weighted by molar-refractivity contribution is 6.31. The molecule has 0 bridgehead atoms. The fourth-order valence-corrected chi connectivity index (χ4v) is 11.6. The number of benzene rings is 2. The van der Waals surface area contributed by atoms with Gasteiger partial charge in [0, 0.05) is 112 Å². The molecular formula is C57H77ClN8O4. The van der Waals surface area contributed by atoms with E-state index in [2.05, 4.69) is 99.9 Å². The summed E-state index contributed by atoms with van der Waals surface area (Å²) in [5.74, 6) is 6.85. The third-order valence-electron chi connectivity index (χ3n) is 15.5. The average molecular weight is 974 g/mol. The van der Waals surface area contributed by atoms with Crippen molar-refractivity contribution in [3.63, 3.8) is 0 Å². The molecule has 70 heavy (non-hydrogen) atoms. The molecule has 13 heteroatoms. The monoisotopic (exact) mass is 973 g/mol. The van der Waals surface area contributed by atoms with E-state index in [1.807, 2.05) is 52.0 Å². The largest absolute Gasteiger partial charge is 0.369 e. The number of anilines is 2. The minimum atomic E-state index is -0.225. The second-order valence-electron chi connectivity index (χ2n) is 20.4. The molecule has 2 heterocycles. The zero-order valence-electron chi connectivity index (χ0n) is 43.5. The van der Waals surface area contributed by atoms with Gasteiger partial charge in [-0.15, -0.1) is 0 Å². The predicted octanol–water partition coefficient (Wildman–Crippen LogP) is 9.24. The van der Waals surface area contributed by atoms with Crippen molar-refractivity contribution in [3.8, 4) is 11.8 Å². The first-order valence-corrected chi connectivity index (χ1v) is 26.2. The van der Waals surface area contributed by atoms with Gasteiger partial charge in [-0.25, -0.2) is 0 Å². The summed E-state index contributed by atoms with van der Waals surface area (Å²) in [6.45, 7) is 18.9. The Kier molecular flexibility index (Phi) is 17.4. The van der Waals surface area contributed by atoms with E-state index in [0.717, 1.165) is 135 Å². The number of nitrogens with one attached hydrogen (secondary N) is 4. The minimum Gasteiger partial charge on any atom is -0.369 e. The van der Waals surface area contributed by atoms with Crippen LogP contribution in [0.5, 0.6) is 0 Å². The first-order valence-electron chi connectivity index (χ1n) is 25.9. The van der Waals surface area contributed by atoms with E-state index in [1.165, 1.54) is 0 Å². The lowest BCUT2D eigenvalue weighted by Gasteiger charge is -2.44. The Morgan fingerprint density at radius 3 is 1.54 bits per heavy atom. The second kappa shape index (κ2) is 23.3. The predicted molar refractivity (Wildman–Crippen MR) is 286 cm³/mol. The normalized spacial score (nSPS) is 19.2. The highest BCUT2D eigenvalue weighted by Crippen LogP contribution is 2.37. The Balaban J connectivity index is 0.950. The lowest BCUT2D eigenvalue weighted by atomic mass is 9.87. The first kappa shape index (κ1) is 52.5. The summed E-state index contributed by atoms with van der Waals surface area (Å²) in [5.41, 5.74) is 10.2. The van der Waals surface area contributed by atoms with E-state index in [-0.39, 0.29) is 36.0 Å². The van der Waals surface area contributed by atoms with Gasteiger partial charge in [-0.1, -0.05) is 30.4 Å². The Bertz CT molecular complexity index is 2710. The number of carbonyl (C=O) groups excluding carboxylic acids is 2. The van der Waals surface area contributed by atoms with Crippen LogP contribution in [0.25, 0.3) is 0 Å². The van der Waals surface area contributed by atoms with E-state index in [4.69, 9.17) is 11.6 Å². The summed E-state index contributed by atoms with van der Waals surface area (Å²) >= 11 is 6.77. The summed E-state index contributed by atoms with van der Waals surface area (Å²) in [5, 5.41) is 6.60. The molecule has 0 atom stereocenters. The first-order chi connectivity index (χ1) is 33.5. The molecule has 12 nitrogen and oxygen atoms in total. The number of aromatic nitrogens is 2. The van der Waals surface area contributed by atoms with Crippen LogP contribution in [0.1, 0.15) is 156 Å². The smallest absolute Gasteiger partial charge is 0.253 e. The molecule has 376 valence electrons. The second-order valence-corrected chi connectivity index (χ2v) is 20.9. The number of nitrogens with zero attached hydrogens (tertiary/aromatic N) is 4. The van der Waals surface area contributed by atoms with E-state index in [9.17, 15) is 19.2 Å². The van der Waals surface area contributed by atoms with Gasteiger partial charge in [0.15, 0.2) is 0 Å². The number of pyridine rings is 2. The SMILES string of the molecule is CCc1c(C(=O)NCc2c(C)cc(C)[nH]c2=O)cc(Cl)cc1N(CC)C1CCC(N(C)CN(C)C2CCC(N(CC)c3cc(C#CC4CC4)cc(C(=O)NCc4c(C)cc(C)[nH]c4=O)c3C)CC2)CC1. The Morgan fingerprint density at radius 2 is 1.09 bits per heavy atom. The maximum Gasteiger partial charge on any atom is 0.253 e. The van der Waals surface area contributed by atoms with Crippen molar-refractivity contribution < 1.29 is 9.59 Å². The van der Waals surface area contributed by atoms with E-state index in [0.29, 0.717) is 63.8 Å². The molecule has 2 amide bonds. The zero-order valence-corrected chi connectivity index (χ0v) is 44.2. The molecule has 3 aliphatic carbocycles. The highest BCUT2D eigenvalue weighted by Gasteiger charge is 2.33. The fourth-order valence-electron chi connectivity index (χ4n) is 11.4. The number of carbonyl (C=O) groups is 2. The number of hydrogen-bond donors (Lipinski definition) is 4. The number of rotatable bonds is 17. The maximum atomic E-state index is 13.9. The summed E-state index contributed by atoms with van der Waals surface area (Å²) in [6.07, 6.45) is 11.6. The molecular weight excluding hydrogens is 896 g/mol. The number of aromatic amines is 2. The molecule has 0 radical (unpaired) electrons. The summed E-state index contributed by atoms with van der Waals surface area (Å²) in [6, 6.07) is 13.4. The molecule has 2 aromatic carbocycles. The van der Waals surface area contributed by atoms with Gasteiger partial charge in [0.1, 0.15) is 0 Å². The van der Waals surface area contributed by atoms with Gasteiger partial charge in [-0.3, -0.25) is 29.0 Å². The van der Waals surface area contributed by atoms with Crippen molar-refractivity contribution >= 4 is 34.8 Å². The van der Waals surface area contributed by atoms with Crippen molar-refractivity contribution in [1.29, 1.82) is 0 Å². The molecule has 3 saturated carbocycles. The fraction of sp³-hybridized carbons (Fsp3) is 0.544. The standard InChI is InChI=1S/C57H77ClN8O4/c1-11-47-49(55(68)60-33-51-36(5)27-38(7)62-57(51)70)30-42(58)31-53(47)66(13-3)46-24-20-44(21-25-46)64(10)34-63(9)43-18-22-45(23-19-43)65(12-2)52-29-41(17-16-40-14-15-40)28-48(39(52)8)54(67)59-32-50-35(4)26-37(6)61-56(50)69/h26-31,40,43-46H,11-15,18-25,32-34H2,1-10H3,(H,59,67)(H,60,68)(H,61,69)(H,62,70). The van der Waals surface area contributed by atoms with Crippen LogP contribution >= 0.6 is 11.6 Å². The Hall–Kier alpha value is -5.35. The number of halogens is 1. The molecule has 2 aromatic heterocycles. The maximum absolute atomic E-state index is 13.9. The van der Waals surface area contributed by atoms with Crippen molar-refractivity contribution in [2.45, 2.75) is 163 Å². The van der Waals surface area contributed by atoms with Crippen LogP contribution in [0, 0.1) is 52.4 Å². The molecule has 0 saturated heterocycles. The third kappa shape index (κ3) is 12.4. The number of amides is 2. The number of hydrogen-bond acceptors (Lipinski definition) is 8. The van der Waals surface area contributed by atoms with Crippen LogP contribution in [0.2, 0.25) is 5.02 Å². The average Bonchev–Trinajstić information content (AvgIpc) is 4.16. The lowest BCUT2D eigenvalue weighted by Crippen LogP contribution is -2.49. The van der Waals surface area contributed by atoms with Gasteiger partial charge in [-0.05, 0) is 192 Å². The Labute approximate surface area is 421 Å². The van der Waals surface area contributed by atoms with Crippen LogP contribution < -0.4 is 31.6 Å².